The molecule has 0 bridgehead atoms. The summed E-state index contributed by atoms with van der Waals surface area (Å²) in [5.41, 5.74) is 0. The third-order valence-corrected chi connectivity index (χ3v) is 9.93. The van der Waals surface area contributed by atoms with Crippen LogP contribution in [0.15, 0.2) is 85.1 Å². The van der Waals surface area contributed by atoms with Gasteiger partial charge in [0.2, 0.25) is 0 Å². The number of hydrogen-bond donors (Lipinski definition) is 0. The molecular weight excluding hydrogens is 717 g/mol. The topological polar surface area (TPSA) is 61.8 Å². The summed E-state index contributed by atoms with van der Waals surface area (Å²) in [7, 11) is 0. The molecule has 58 heavy (non-hydrogen) atoms. The lowest BCUT2D eigenvalue weighted by atomic mass is 10.1. The van der Waals surface area contributed by atoms with Crippen molar-refractivity contribution in [2.45, 2.75) is 219 Å². The zero-order valence-corrected chi connectivity index (χ0v) is 38.0. The standard InChI is InChI=1S/C53H90O5/c1-4-7-10-13-16-19-22-24-26-28-30-33-36-39-42-45-48-56-49-51(58-53(55)47-44-41-38-35-31-21-18-15-12-9-6-3)50-57-52(54)46-43-40-37-34-32-29-27-25-23-20-17-14-11-8-5-2/h7-8,10-11,16-17,19-20,24-27,32,34,51H,4-6,9,12-15,18,21-23,28-31,33,35-50H2,1-3H3/b10-7-,11-8-,19-16-,20-17-,26-24-,27-25-,34-32-. The zero-order valence-electron chi connectivity index (χ0n) is 38.0. The Hall–Kier alpha value is -2.92. The Morgan fingerprint density at radius 2 is 0.776 bits per heavy atom. The molecule has 0 heterocycles. The molecule has 0 rings (SSSR count). The van der Waals surface area contributed by atoms with Crippen molar-refractivity contribution in [2.75, 3.05) is 19.8 Å². The summed E-state index contributed by atoms with van der Waals surface area (Å²) in [5.74, 6) is -0.455. The number of hydrogen-bond acceptors (Lipinski definition) is 5. The minimum atomic E-state index is -0.560. The molecule has 0 aromatic rings. The average molecular weight is 807 g/mol. The van der Waals surface area contributed by atoms with Crippen molar-refractivity contribution in [3.63, 3.8) is 0 Å². The molecule has 0 amide bonds. The number of rotatable bonds is 43. The van der Waals surface area contributed by atoms with E-state index in [2.05, 4.69) is 106 Å². The maximum absolute atomic E-state index is 12.7. The molecule has 0 aromatic heterocycles. The first-order valence-corrected chi connectivity index (χ1v) is 24.1. The molecule has 0 spiro atoms. The van der Waals surface area contributed by atoms with E-state index in [1.165, 1.54) is 83.5 Å². The van der Waals surface area contributed by atoms with Crippen molar-refractivity contribution >= 4 is 11.9 Å². The molecule has 0 aromatic carbocycles. The smallest absolute Gasteiger partial charge is 0.306 e. The Labute approximate surface area is 359 Å². The van der Waals surface area contributed by atoms with E-state index < -0.39 is 6.10 Å². The number of unbranched alkanes of at least 4 members (excludes halogenated alkanes) is 18. The average Bonchev–Trinajstić information content (AvgIpc) is 3.22. The van der Waals surface area contributed by atoms with Gasteiger partial charge in [0.1, 0.15) is 6.61 Å². The van der Waals surface area contributed by atoms with Gasteiger partial charge in [-0.1, -0.05) is 196 Å². The van der Waals surface area contributed by atoms with E-state index in [4.69, 9.17) is 14.2 Å². The van der Waals surface area contributed by atoms with Gasteiger partial charge in [0.15, 0.2) is 6.10 Å². The Morgan fingerprint density at radius 1 is 0.397 bits per heavy atom. The van der Waals surface area contributed by atoms with Crippen LogP contribution in [0.5, 0.6) is 0 Å². The van der Waals surface area contributed by atoms with Crippen LogP contribution in [0.25, 0.3) is 0 Å². The molecule has 0 aliphatic rings. The van der Waals surface area contributed by atoms with Crippen LogP contribution in [0.4, 0.5) is 0 Å². The predicted molar refractivity (Wildman–Crippen MR) is 251 cm³/mol. The molecule has 0 radical (unpaired) electrons. The molecule has 332 valence electrons. The summed E-state index contributed by atoms with van der Waals surface area (Å²) in [4.78, 5) is 25.3. The molecule has 0 fully saturated rings. The SMILES string of the molecule is CC/C=C\C/C=C\C/C=C\C/C=C\CCCCC(=O)OCC(COCCCCCCCC/C=C\C/C=C\C/C=C\CC)OC(=O)CCCCCCCCCCCCC. The molecule has 0 N–H and O–H groups in total. The highest BCUT2D eigenvalue weighted by atomic mass is 16.6. The van der Waals surface area contributed by atoms with Gasteiger partial charge in [-0.15, -0.1) is 0 Å². The van der Waals surface area contributed by atoms with E-state index in [0.29, 0.717) is 19.4 Å². The van der Waals surface area contributed by atoms with Crippen LogP contribution in [-0.4, -0.2) is 37.9 Å². The molecular formula is C53H90O5. The van der Waals surface area contributed by atoms with Crippen LogP contribution in [-0.2, 0) is 23.8 Å². The molecule has 0 saturated heterocycles. The summed E-state index contributed by atoms with van der Waals surface area (Å²) in [6.45, 7) is 7.52. The number of esters is 2. The molecule has 0 aliphatic carbocycles. The zero-order chi connectivity index (χ0) is 42.1. The Balaban J connectivity index is 4.34. The first-order chi connectivity index (χ1) is 28.6. The largest absolute Gasteiger partial charge is 0.462 e. The third kappa shape index (κ3) is 45.8. The van der Waals surface area contributed by atoms with E-state index in [-0.39, 0.29) is 25.2 Å². The summed E-state index contributed by atoms with van der Waals surface area (Å²) in [6, 6.07) is 0. The fraction of sp³-hybridized carbons (Fsp3) is 0.698. The molecule has 0 aliphatic heterocycles. The van der Waals surface area contributed by atoms with Crippen LogP contribution in [0.3, 0.4) is 0 Å². The molecule has 5 heteroatoms. The molecule has 5 nitrogen and oxygen atoms in total. The Bertz CT molecular complexity index is 1090. The number of carbonyl (C=O) groups is 2. The van der Waals surface area contributed by atoms with Crippen LogP contribution in [0, 0.1) is 0 Å². The highest BCUT2D eigenvalue weighted by molar-refractivity contribution is 5.70. The number of allylic oxidation sites excluding steroid dienone is 14. The van der Waals surface area contributed by atoms with E-state index in [1.807, 2.05) is 0 Å². The van der Waals surface area contributed by atoms with E-state index in [1.54, 1.807) is 0 Å². The third-order valence-electron chi connectivity index (χ3n) is 9.93. The molecule has 0 saturated carbocycles. The minimum Gasteiger partial charge on any atom is -0.462 e. The van der Waals surface area contributed by atoms with Crippen molar-refractivity contribution in [3.05, 3.63) is 85.1 Å². The Morgan fingerprint density at radius 3 is 1.28 bits per heavy atom. The first kappa shape index (κ1) is 55.1. The maximum atomic E-state index is 12.7. The van der Waals surface area contributed by atoms with Crippen molar-refractivity contribution in [1.29, 1.82) is 0 Å². The van der Waals surface area contributed by atoms with Crippen LogP contribution in [0.1, 0.15) is 213 Å². The lowest BCUT2D eigenvalue weighted by molar-refractivity contribution is -0.163. The summed E-state index contributed by atoms with van der Waals surface area (Å²) >= 11 is 0. The van der Waals surface area contributed by atoms with Crippen LogP contribution >= 0.6 is 0 Å². The quantitative estimate of drug-likeness (QED) is 0.0349. The van der Waals surface area contributed by atoms with Crippen molar-refractivity contribution in [3.8, 4) is 0 Å². The second-order valence-electron chi connectivity index (χ2n) is 15.6. The first-order valence-electron chi connectivity index (χ1n) is 24.1. The lowest BCUT2D eigenvalue weighted by Gasteiger charge is -2.18. The van der Waals surface area contributed by atoms with Crippen molar-refractivity contribution < 1.29 is 23.8 Å². The van der Waals surface area contributed by atoms with Gasteiger partial charge in [0.25, 0.3) is 0 Å². The van der Waals surface area contributed by atoms with E-state index >= 15 is 0 Å². The normalized spacial score (nSPS) is 12.9. The molecule has 1 atom stereocenters. The summed E-state index contributed by atoms with van der Waals surface area (Å²) in [5, 5.41) is 0. The van der Waals surface area contributed by atoms with E-state index in [9.17, 15) is 9.59 Å². The number of carbonyl (C=O) groups excluding carboxylic acids is 2. The van der Waals surface area contributed by atoms with Crippen molar-refractivity contribution in [2.24, 2.45) is 0 Å². The second-order valence-corrected chi connectivity index (χ2v) is 15.6. The van der Waals surface area contributed by atoms with Crippen LogP contribution < -0.4 is 0 Å². The van der Waals surface area contributed by atoms with Gasteiger partial charge in [0, 0.05) is 19.4 Å². The fourth-order valence-corrected chi connectivity index (χ4v) is 6.40. The molecule has 1 unspecified atom stereocenters. The fourth-order valence-electron chi connectivity index (χ4n) is 6.40. The lowest BCUT2D eigenvalue weighted by Crippen LogP contribution is -2.30. The van der Waals surface area contributed by atoms with E-state index in [0.717, 1.165) is 96.3 Å². The highest BCUT2D eigenvalue weighted by Crippen LogP contribution is 2.13. The van der Waals surface area contributed by atoms with Crippen molar-refractivity contribution in [1.82, 2.24) is 0 Å². The summed E-state index contributed by atoms with van der Waals surface area (Å²) < 4.78 is 17.3. The minimum absolute atomic E-state index is 0.0563. The van der Waals surface area contributed by atoms with Gasteiger partial charge in [-0.3, -0.25) is 9.59 Å². The van der Waals surface area contributed by atoms with Gasteiger partial charge in [-0.05, 0) is 89.9 Å². The number of ether oxygens (including phenoxy) is 3. The second kappa shape index (κ2) is 48.4. The van der Waals surface area contributed by atoms with Crippen LogP contribution in [0.2, 0.25) is 0 Å². The highest BCUT2D eigenvalue weighted by Gasteiger charge is 2.17. The summed E-state index contributed by atoms with van der Waals surface area (Å²) in [6.07, 6.45) is 63.0. The van der Waals surface area contributed by atoms with Gasteiger partial charge in [0.05, 0.1) is 6.61 Å². The van der Waals surface area contributed by atoms with Gasteiger partial charge >= 0.3 is 11.9 Å². The van der Waals surface area contributed by atoms with Gasteiger partial charge in [-0.25, -0.2) is 0 Å². The monoisotopic (exact) mass is 807 g/mol. The predicted octanol–water partition coefficient (Wildman–Crippen LogP) is 16.1. The maximum Gasteiger partial charge on any atom is 0.306 e. The van der Waals surface area contributed by atoms with Gasteiger partial charge in [-0.2, -0.15) is 0 Å². The van der Waals surface area contributed by atoms with Gasteiger partial charge < -0.3 is 14.2 Å². The Kier molecular flexibility index (Phi) is 46.0.